The molecule has 30 heavy (non-hydrogen) atoms. The van der Waals surface area contributed by atoms with E-state index in [0.717, 1.165) is 36.0 Å². The van der Waals surface area contributed by atoms with Crippen LogP contribution in [0.4, 0.5) is 5.69 Å². The second-order valence-electron chi connectivity index (χ2n) is 7.35. The molecule has 1 aromatic heterocycles. The SMILES string of the molecule is Cl.Cl.N#Cc1ccc(CN[C@H]2CCCC[C@@H]2Nc2ccnc3cc(Cl)ccc23)cc1. The van der Waals surface area contributed by atoms with Gasteiger partial charge in [-0.25, -0.2) is 0 Å². The fraction of sp³-hybridized carbons (Fsp3) is 0.304. The van der Waals surface area contributed by atoms with Gasteiger partial charge in [0.05, 0.1) is 17.1 Å². The smallest absolute Gasteiger partial charge is 0.0991 e. The number of nitriles is 1. The summed E-state index contributed by atoms with van der Waals surface area (Å²) in [6, 6.07) is 18.6. The Morgan fingerprint density at radius 2 is 1.73 bits per heavy atom. The number of anilines is 1. The Labute approximate surface area is 194 Å². The Morgan fingerprint density at radius 3 is 2.47 bits per heavy atom. The number of nitrogens with zero attached hydrogens (tertiary/aromatic N) is 2. The largest absolute Gasteiger partial charge is 0.380 e. The minimum Gasteiger partial charge on any atom is -0.380 e. The Balaban J connectivity index is 0.00000160. The van der Waals surface area contributed by atoms with Crippen LogP contribution in [0, 0.1) is 11.3 Å². The van der Waals surface area contributed by atoms with E-state index >= 15 is 0 Å². The van der Waals surface area contributed by atoms with Gasteiger partial charge in [-0.05, 0) is 54.8 Å². The van der Waals surface area contributed by atoms with E-state index in [2.05, 4.69) is 21.7 Å². The zero-order valence-electron chi connectivity index (χ0n) is 16.5. The highest BCUT2D eigenvalue weighted by Gasteiger charge is 2.25. The summed E-state index contributed by atoms with van der Waals surface area (Å²) in [5.74, 6) is 0. The van der Waals surface area contributed by atoms with Crippen LogP contribution in [0.1, 0.15) is 36.8 Å². The van der Waals surface area contributed by atoms with E-state index in [1.807, 2.05) is 54.7 Å². The van der Waals surface area contributed by atoms with Gasteiger partial charge in [0.25, 0.3) is 0 Å². The van der Waals surface area contributed by atoms with Crippen molar-refractivity contribution in [3.63, 3.8) is 0 Å². The zero-order chi connectivity index (χ0) is 19.3. The number of pyridine rings is 1. The van der Waals surface area contributed by atoms with Crippen LogP contribution in [0.5, 0.6) is 0 Å². The van der Waals surface area contributed by atoms with Gasteiger partial charge >= 0.3 is 0 Å². The van der Waals surface area contributed by atoms with Gasteiger partial charge in [-0.15, -0.1) is 24.8 Å². The van der Waals surface area contributed by atoms with Crippen molar-refractivity contribution in [1.29, 1.82) is 5.26 Å². The molecule has 3 aromatic rings. The van der Waals surface area contributed by atoms with Crippen LogP contribution in [0.25, 0.3) is 10.9 Å². The molecule has 0 aliphatic heterocycles. The van der Waals surface area contributed by atoms with Crippen molar-refractivity contribution in [3.8, 4) is 6.07 Å². The van der Waals surface area contributed by atoms with Crippen LogP contribution in [0.15, 0.2) is 54.7 Å². The van der Waals surface area contributed by atoms with Gasteiger partial charge in [-0.3, -0.25) is 4.98 Å². The van der Waals surface area contributed by atoms with Crippen LogP contribution >= 0.6 is 36.4 Å². The molecule has 0 spiro atoms. The number of hydrogen-bond donors (Lipinski definition) is 2. The highest BCUT2D eigenvalue weighted by atomic mass is 35.5. The van der Waals surface area contributed by atoms with Crippen molar-refractivity contribution < 1.29 is 0 Å². The van der Waals surface area contributed by atoms with E-state index in [9.17, 15) is 0 Å². The highest BCUT2D eigenvalue weighted by Crippen LogP contribution is 2.28. The molecular weight excluding hydrogens is 439 g/mol. The molecule has 0 radical (unpaired) electrons. The van der Waals surface area contributed by atoms with E-state index < -0.39 is 0 Å². The molecule has 2 atom stereocenters. The highest BCUT2D eigenvalue weighted by molar-refractivity contribution is 6.31. The molecule has 1 aliphatic rings. The summed E-state index contributed by atoms with van der Waals surface area (Å²) in [7, 11) is 0. The Hall–Kier alpha value is -2.03. The van der Waals surface area contributed by atoms with Gasteiger partial charge in [0.2, 0.25) is 0 Å². The van der Waals surface area contributed by atoms with Gasteiger partial charge in [0.1, 0.15) is 0 Å². The molecule has 0 saturated heterocycles. The fourth-order valence-electron chi connectivity index (χ4n) is 3.94. The van der Waals surface area contributed by atoms with Crippen LogP contribution in [-0.2, 0) is 6.54 Å². The third kappa shape index (κ3) is 5.77. The second-order valence-corrected chi connectivity index (χ2v) is 7.79. The number of hydrogen-bond acceptors (Lipinski definition) is 4. The molecule has 0 bridgehead atoms. The van der Waals surface area contributed by atoms with E-state index in [0.29, 0.717) is 22.7 Å². The molecule has 2 aromatic carbocycles. The average Bonchev–Trinajstić information content (AvgIpc) is 2.73. The maximum Gasteiger partial charge on any atom is 0.0991 e. The summed E-state index contributed by atoms with van der Waals surface area (Å²) in [5, 5.41) is 18.2. The quantitative estimate of drug-likeness (QED) is 0.479. The number of nitrogens with one attached hydrogen (secondary N) is 2. The first-order chi connectivity index (χ1) is 13.7. The maximum atomic E-state index is 8.94. The van der Waals surface area contributed by atoms with Crippen LogP contribution in [0.2, 0.25) is 5.02 Å². The summed E-state index contributed by atoms with van der Waals surface area (Å²) >= 11 is 6.12. The first-order valence-electron chi connectivity index (χ1n) is 9.76. The third-order valence-electron chi connectivity index (χ3n) is 5.46. The lowest BCUT2D eigenvalue weighted by molar-refractivity contribution is 0.342. The molecular formula is C23H25Cl3N4. The zero-order valence-corrected chi connectivity index (χ0v) is 18.9. The first kappa shape index (κ1) is 24.2. The molecule has 158 valence electrons. The normalized spacial score (nSPS) is 18.0. The summed E-state index contributed by atoms with van der Waals surface area (Å²) in [6.07, 6.45) is 6.62. The van der Waals surface area contributed by atoms with Gasteiger partial charge in [0.15, 0.2) is 0 Å². The molecule has 0 unspecified atom stereocenters. The van der Waals surface area contributed by atoms with Crippen molar-refractivity contribution in [2.75, 3.05) is 5.32 Å². The van der Waals surface area contributed by atoms with Crippen molar-refractivity contribution in [1.82, 2.24) is 10.3 Å². The topological polar surface area (TPSA) is 60.7 Å². The van der Waals surface area contributed by atoms with Gasteiger partial charge in [-0.2, -0.15) is 5.26 Å². The molecule has 4 rings (SSSR count). The second kappa shape index (κ2) is 11.4. The van der Waals surface area contributed by atoms with Crippen LogP contribution < -0.4 is 10.6 Å². The number of fused-ring (bicyclic) bond motifs is 1. The molecule has 1 aliphatic carbocycles. The van der Waals surface area contributed by atoms with E-state index in [4.69, 9.17) is 16.9 Å². The van der Waals surface area contributed by atoms with Gasteiger partial charge in [-0.1, -0.05) is 36.6 Å². The fourth-order valence-corrected chi connectivity index (χ4v) is 4.11. The Bertz CT molecular complexity index is 1000. The monoisotopic (exact) mass is 462 g/mol. The summed E-state index contributed by atoms with van der Waals surface area (Å²) in [4.78, 5) is 4.44. The van der Waals surface area contributed by atoms with Crippen molar-refractivity contribution >= 4 is 53.0 Å². The summed E-state index contributed by atoms with van der Waals surface area (Å²) in [6.45, 7) is 0.807. The van der Waals surface area contributed by atoms with Gasteiger partial charge in [0, 0.05) is 40.9 Å². The average molecular weight is 464 g/mol. The number of halogens is 3. The Morgan fingerprint density at radius 1 is 1.00 bits per heavy atom. The summed E-state index contributed by atoms with van der Waals surface area (Å²) in [5.41, 5.74) is 3.92. The standard InChI is InChI=1S/C23H23ClN4.2ClH/c24-18-9-10-19-20(11-12-26-23(19)13-18)28-22-4-2-1-3-21(22)27-15-17-7-5-16(14-25)6-8-17;;/h5-13,21-22,27H,1-4,15H2,(H,26,28);2*1H/t21-,22-;;/m0../s1. The molecule has 1 saturated carbocycles. The number of aromatic nitrogens is 1. The van der Waals surface area contributed by atoms with Crippen LogP contribution in [-0.4, -0.2) is 17.1 Å². The van der Waals surface area contributed by atoms with Crippen LogP contribution in [0.3, 0.4) is 0 Å². The van der Waals surface area contributed by atoms with Crippen molar-refractivity contribution in [2.24, 2.45) is 0 Å². The van der Waals surface area contributed by atoms with E-state index in [1.165, 1.54) is 18.4 Å². The minimum absolute atomic E-state index is 0. The molecule has 1 heterocycles. The lowest BCUT2D eigenvalue weighted by Crippen LogP contribution is -2.45. The van der Waals surface area contributed by atoms with Crippen molar-refractivity contribution in [2.45, 2.75) is 44.3 Å². The molecule has 1 fully saturated rings. The molecule has 7 heteroatoms. The first-order valence-corrected chi connectivity index (χ1v) is 10.1. The third-order valence-corrected chi connectivity index (χ3v) is 5.70. The lowest BCUT2D eigenvalue weighted by atomic mass is 9.89. The Kier molecular flexibility index (Phi) is 9.20. The predicted octanol–water partition coefficient (Wildman–Crippen LogP) is 6.12. The molecule has 0 amide bonds. The van der Waals surface area contributed by atoms with E-state index in [1.54, 1.807) is 0 Å². The van der Waals surface area contributed by atoms with Gasteiger partial charge < -0.3 is 10.6 Å². The maximum absolute atomic E-state index is 8.94. The minimum atomic E-state index is 0. The molecule has 4 nitrogen and oxygen atoms in total. The molecule has 2 N–H and O–H groups in total. The van der Waals surface area contributed by atoms with Crippen molar-refractivity contribution in [3.05, 3.63) is 70.9 Å². The number of benzene rings is 2. The lowest BCUT2D eigenvalue weighted by Gasteiger charge is -2.34. The van der Waals surface area contributed by atoms with E-state index in [-0.39, 0.29) is 24.8 Å². The predicted molar refractivity (Wildman–Crippen MR) is 129 cm³/mol. The number of rotatable bonds is 5. The summed E-state index contributed by atoms with van der Waals surface area (Å²) < 4.78 is 0.